The maximum atomic E-state index is 12.2. The Bertz CT molecular complexity index is 870. The van der Waals surface area contributed by atoms with Crippen LogP contribution in [0.3, 0.4) is 0 Å². The van der Waals surface area contributed by atoms with E-state index in [-0.39, 0.29) is 11.4 Å². The van der Waals surface area contributed by atoms with Crippen LogP contribution in [-0.2, 0) is 0 Å². The maximum Gasteiger partial charge on any atom is 0.276 e. The number of pyridine rings is 1. The fraction of sp³-hybridized carbons (Fsp3) is 0. The molecule has 21 heavy (non-hydrogen) atoms. The van der Waals surface area contributed by atoms with E-state index in [1.54, 1.807) is 48.5 Å². The Morgan fingerprint density at radius 2 is 1.57 bits per heavy atom. The number of amides is 1. The van der Waals surface area contributed by atoms with Crippen LogP contribution >= 0.6 is 0 Å². The second-order valence-corrected chi connectivity index (χ2v) is 4.54. The zero-order valence-corrected chi connectivity index (χ0v) is 11.0. The molecule has 1 aromatic heterocycles. The first-order chi connectivity index (χ1) is 10.2. The van der Waals surface area contributed by atoms with Gasteiger partial charge in [-0.05, 0) is 18.2 Å². The predicted molar refractivity (Wildman–Crippen MR) is 80.6 cm³/mol. The highest BCUT2D eigenvalue weighted by molar-refractivity contribution is 6.08. The van der Waals surface area contributed by atoms with E-state index in [0.717, 1.165) is 0 Å². The normalized spacial score (nSPS) is 10.5. The average molecular weight is 280 g/mol. The number of benzene rings is 2. The number of aromatic amines is 1. The van der Waals surface area contributed by atoms with Crippen molar-refractivity contribution >= 4 is 22.4 Å². The Morgan fingerprint density at radius 3 is 2.29 bits per heavy atom. The van der Waals surface area contributed by atoms with E-state index in [1.165, 1.54) is 0 Å². The molecule has 0 bridgehead atoms. The Morgan fingerprint density at radius 1 is 0.952 bits per heavy atom. The molecule has 0 fully saturated rings. The molecular formula is C16H12N2O3. The highest BCUT2D eigenvalue weighted by Crippen LogP contribution is 2.25. The summed E-state index contributed by atoms with van der Waals surface area (Å²) >= 11 is 0. The van der Waals surface area contributed by atoms with Crippen molar-refractivity contribution in [1.29, 1.82) is 0 Å². The summed E-state index contributed by atoms with van der Waals surface area (Å²) in [6.45, 7) is 0. The predicted octanol–water partition coefficient (Wildman–Crippen LogP) is 2.49. The number of hydrogen-bond acceptors (Lipinski definition) is 3. The average Bonchev–Trinajstić information content (AvgIpc) is 2.52. The monoisotopic (exact) mass is 280 g/mol. The molecular weight excluding hydrogens is 268 g/mol. The molecule has 0 unspecified atom stereocenters. The van der Waals surface area contributed by atoms with Gasteiger partial charge in [-0.3, -0.25) is 9.59 Å². The minimum Gasteiger partial charge on any atom is -0.505 e. The molecule has 0 saturated carbocycles. The number of aromatic nitrogens is 1. The number of carbonyl (C=O) groups is 1. The largest absolute Gasteiger partial charge is 0.505 e. The molecule has 5 heteroatoms. The van der Waals surface area contributed by atoms with Crippen LogP contribution in [0.25, 0.3) is 10.8 Å². The van der Waals surface area contributed by atoms with Gasteiger partial charge in [-0.15, -0.1) is 0 Å². The molecule has 3 aromatic rings. The Kier molecular flexibility index (Phi) is 3.16. The first-order valence-corrected chi connectivity index (χ1v) is 6.37. The van der Waals surface area contributed by atoms with Gasteiger partial charge in [0, 0.05) is 11.1 Å². The van der Waals surface area contributed by atoms with E-state index in [1.807, 2.05) is 6.07 Å². The highest BCUT2D eigenvalue weighted by Gasteiger charge is 2.16. The van der Waals surface area contributed by atoms with Gasteiger partial charge in [-0.2, -0.15) is 0 Å². The first-order valence-electron chi connectivity index (χ1n) is 6.37. The standard InChI is InChI=1S/C16H12N2O3/c19-14-11-8-4-5-9-12(11)15(20)18-13(14)16(21)17-10-6-2-1-3-7-10/h1-9,19H,(H,17,21)(H,18,20). The number of fused-ring (bicyclic) bond motifs is 1. The third kappa shape index (κ3) is 2.36. The molecule has 1 heterocycles. The molecule has 3 rings (SSSR count). The van der Waals surface area contributed by atoms with Gasteiger partial charge >= 0.3 is 0 Å². The molecule has 1 amide bonds. The number of rotatable bonds is 2. The molecule has 5 nitrogen and oxygen atoms in total. The summed E-state index contributed by atoms with van der Waals surface area (Å²) < 4.78 is 0. The van der Waals surface area contributed by atoms with E-state index in [2.05, 4.69) is 10.3 Å². The number of aromatic hydroxyl groups is 1. The van der Waals surface area contributed by atoms with Crippen LogP contribution in [0.4, 0.5) is 5.69 Å². The zero-order chi connectivity index (χ0) is 14.8. The summed E-state index contributed by atoms with van der Waals surface area (Å²) in [4.78, 5) is 26.6. The van der Waals surface area contributed by atoms with Crippen LogP contribution in [0.15, 0.2) is 59.4 Å². The van der Waals surface area contributed by atoms with E-state index < -0.39 is 11.5 Å². The van der Waals surface area contributed by atoms with Crippen molar-refractivity contribution in [2.45, 2.75) is 0 Å². The molecule has 0 atom stereocenters. The van der Waals surface area contributed by atoms with Gasteiger partial charge in [0.05, 0.1) is 5.39 Å². The molecule has 0 spiro atoms. The molecule has 104 valence electrons. The Labute approximate surface area is 119 Å². The lowest BCUT2D eigenvalue weighted by atomic mass is 10.1. The van der Waals surface area contributed by atoms with Crippen molar-refractivity contribution in [2.24, 2.45) is 0 Å². The van der Waals surface area contributed by atoms with Crippen LogP contribution in [-0.4, -0.2) is 16.0 Å². The summed E-state index contributed by atoms with van der Waals surface area (Å²) in [5.41, 5.74) is 0.0140. The zero-order valence-electron chi connectivity index (χ0n) is 11.0. The van der Waals surface area contributed by atoms with Gasteiger partial charge in [-0.1, -0.05) is 36.4 Å². The SMILES string of the molecule is O=C(Nc1ccccc1)c1[nH]c(=O)c2ccccc2c1O. The summed E-state index contributed by atoms with van der Waals surface area (Å²) in [5, 5.41) is 13.5. The minimum atomic E-state index is -0.568. The van der Waals surface area contributed by atoms with Crippen molar-refractivity contribution in [3.05, 3.63) is 70.6 Å². The third-order valence-corrected chi connectivity index (χ3v) is 3.16. The quantitative estimate of drug-likeness (QED) is 0.674. The fourth-order valence-electron chi connectivity index (χ4n) is 2.14. The van der Waals surface area contributed by atoms with Gasteiger partial charge < -0.3 is 15.4 Å². The minimum absolute atomic E-state index is 0.150. The second-order valence-electron chi connectivity index (χ2n) is 4.54. The lowest BCUT2D eigenvalue weighted by Gasteiger charge is -2.08. The van der Waals surface area contributed by atoms with Crippen LogP contribution in [0.5, 0.6) is 5.75 Å². The highest BCUT2D eigenvalue weighted by atomic mass is 16.3. The van der Waals surface area contributed by atoms with Gasteiger partial charge in [-0.25, -0.2) is 0 Å². The second kappa shape index (κ2) is 5.13. The van der Waals surface area contributed by atoms with Crippen LogP contribution < -0.4 is 10.9 Å². The van der Waals surface area contributed by atoms with Crippen molar-refractivity contribution < 1.29 is 9.90 Å². The Balaban J connectivity index is 2.07. The van der Waals surface area contributed by atoms with E-state index in [0.29, 0.717) is 16.5 Å². The van der Waals surface area contributed by atoms with E-state index in [9.17, 15) is 14.7 Å². The smallest absolute Gasteiger partial charge is 0.276 e. The summed E-state index contributed by atoms with van der Waals surface area (Å²) in [6, 6.07) is 15.4. The summed E-state index contributed by atoms with van der Waals surface area (Å²) in [5.74, 6) is -0.805. The van der Waals surface area contributed by atoms with Gasteiger partial charge in [0.2, 0.25) is 0 Å². The number of carbonyl (C=O) groups excluding carboxylic acids is 1. The first kappa shape index (κ1) is 12.9. The van der Waals surface area contributed by atoms with Crippen molar-refractivity contribution in [2.75, 3.05) is 5.32 Å². The molecule has 0 aliphatic carbocycles. The number of nitrogens with one attached hydrogen (secondary N) is 2. The van der Waals surface area contributed by atoms with E-state index >= 15 is 0 Å². The van der Waals surface area contributed by atoms with Crippen LogP contribution in [0, 0.1) is 0 Å². The number of para-hydroxylation sites is 1. The van der Waals surface area contributed by atoms with Gasteiger partial charge in [0.1, 0.15) is 0 Å². The molecule has 0 radical (unpaired) electrons. The third-order valence-electron chi connectivity index (χ3n) is 3.16. The number of H-pyrrole nitrogens is 1. The van der Waals surface area contributed by atoms with Gasteiger partial charge in [0.15, 0.2) is 11.4 Å². The summed E-state index contributed by atoms with van der Waals surface area (Å²) in [6.07, 6.45) is 0. The molecule has 0 saturated heterocycles. The topological polar surface area (TPSA) is 82.2 Å². The lowest BCUT2D eigenvalue weighted by Crippen LogP contribution is -2.19. The molecule has 0 aliphatic heterocycles. The fourth-order valence-corrected chi connectivity index (χ4v) is 2.14. The van der Waals surface area contributed by atoms with Crippen LogP contribution in [0.1, 0.15) is 10.5 Å². The van der Waals surface area contributed by atoms with Gasteiger partial charge in [0.25, 0.3) is 11.5 Å². The number of anilines is 1. The summed E-state index contributed by atoms with van der Waals surface area (Å²) in [7, 11) is 0. The van der Waals surface area contributed by atoms with Crippen LogP contribution in [0.2, 0.25) is 0 Å². The number of hydrogen-bond donors (Lipinski definition) is 3. The van der Waals surface area contributed by atoms with Crippen molar-refractivity contribution in [1.82, 2.24) is 4.98 Å². The Hall–Kier alpha value is -3.08. The van der Waals surface area contributed by atoms with E-state index in [4.69, 9.17) is 0 Å². The maximum absolute atomic E-state index is 12.2. The van der Waals surface area contributed by atoms with Crippen molar-refractivity contribution in [3.63, 3.8) is 0 Å². The molecule has 0 aliphatic rings. The molecule has 3 N–H and O–H groups in total. The van der Waals surface area contributed by atoms with Crippen molar-refractivity contribution in [3.8, 4) is 5.75 Å². The lowest BCUT2D eigenvalue weighted by molar-refractivity contribution is 0.101. The molecule has 2 aromatic carbocycles.